The summed E-state index contributed by atoms with van der Waals surface area (Å²) in [5.74, 6) is 1.68. The lowest BCUT2D eigenvalue weighted by Crippen LogP contribution is -2.10. The van der Waals surface area contributed by atoms with Crippen LogP contribution < -0.4 is 4.74 Å². The first-order valence-electron chi connectivity index (χ1n) is 6.57. The molecule has 2 rings (SSSR count). The second-order valence-electron chi connectivity index (χ2n) is 6.49. The Hall–Kier alpha value is -0.500. The van der Waals surface area contributed by atoms with Gasteiger partial charge in [-0.3, -0.25) is 0 Å². The predicted molar refractivity (Wildman–Crippen MR) is 80.5 cm³/mol. The second-order valence-corrected chi connectivity index (χ2v) is 7.67. The van der Waals surface area contributed by atoms with Crippen LogP contribution in [0, 0.1) is 16.7 Å². The molecule has 1 atom stereocenters. The van der Waals surface area contributed by atoms with Gasteiger partial charge in [0.1, 0.15) is 5.75 Å². The normalized spacial score (nSPS) is 22.6. The van der Waals surface area contributed by atoms with Gasteiger partial charge in [0.05, 0.1) is 7.11 Å². The van der Waals surface area contributed by atoms with E-state index in [0.717, 1.165) is 18.1 Å². The number of hydrogen-bond donors (Lipinski definition) is 0. The van der Waals surface area contributed by atoms with Crippen LogP contribution in [0.4, 0.5) is 0 Å². The smallest absolute Gasteiger partial charge is 0.119 e. The first-order valence-corrected chi connectivity index (χ1v) is 7.49. The van der Waals surface area contributed by atoms with Gasteiger partial charge in [0.2, 0.25) is 0 Å². The molecule has 0 heterocycles. The van der Waals surface area contributed by atoms with Crippen molar-refractivity contribution in [2.75, 3.05) is 7.11 Å². The summed E-state index contributed by atoms with van der Waals surface area (Å²) in [6.45, 7) is 9.49. The summed E-state index contributed by atoms with van der Waals surface area (Å²) in [6, 6.07) is 8.38. The van der Waals surface area contributed by atoms with Gasteiger partial charge in [-0.05, 0) is 40.9 Å². The zero-order valence-corrected chi connectivity index (χ0v) is 13.5. The Morgan fingerprint density at radius 2 is 1.83 bits per heavy atom. The number of methoxy groups -OCH3 is 1. The Bertz CT molecular complexity index is 422. The molecule has 0 spiro atoms. The lowest BCUT2D eigenvalue weighted by atomic mass is 10.0. The van der Waals surface area contributed by atoms with E-state index in [1.165, 1.54) is 5.56 Å². The molecule has 1 fully saturated rings. The topological polar surface area (TPSA) is 9.23 Å². The molecule has 1 saturated carbocycles. The van der Waals surface area contributed by atoms with E-state index in [2.05, 4.69) is 61.8 Å². The lowest BCUT2D eigenvalue weighted by molar-refractivity contribution is 0.414. The zero-order valence-electron chi connectivity index (χ0n) is 12.0. The van der Waals surface area contributed by atoms with E-state index >= 15 is 0 Å². The molecule has 1 nitrogen and oxygen atoms in total. The van der Waals surface area contributed by atoms with Crippen molar-refractivity contribution in [3.05, 3.63) is 29.8 Å². The number of rotatable bonds is 4. The summed E-state index contributed by atoms with van der Waals surface area (Å²) in [6.07, 6.45) is 1.06. The Morgan fingerprint density at radius 1 is 1.22 bits per heavy atom. The van der Waals surface area contributed by atoms with Crippen molar-refractivity contribution in [2.24, 2.45) is 16.7 Å². The maximum absolute atomic E-state index is 5.28. The molecule has 18 heavy (non-hydrogen) atoms. The van der Waals surface area contributed by atoms with Crippen LogP contribution in [0.2, 0.25) is 0 Å². The molecule has 0 aromatic heterocycles. The molecule has 0 aliphatic heterocycles. The minimum atomic E-state index is 0.431. The van der Waals surface area contributed by atoms with Gasteiger partial charge in [-0.25, -0.2) is 0 Å². The largest absolute Gasteiger partial charge is 0.497 e. The molecular formula is C16H23BrO. The van der Waals surface area contributed by atoms with Crippen LogP contribution in [0.3, 0.4) is 0 Å². The SMILES string of the molecule is COc1cccc(CC(Br)C2C(C)(C)C2(C)C)c1. The Labute approximate surface area is 119 Å². The minimum absolute atomic E-state index is 0.431. The lowest BCUT2D eigenvalue weighted by Gasteiger charge is -2.12. The molecule has 0 amide bonds. The number of alkyl halides is 1. The Morgan fingerprint density at radius 3 is 2.33 bits per heavy atom. The van der Waals surface area contributed by atoms with E-state index in [0.29, 0.717) is 15.7 Å². The van der Waals surface area contributed by atoms with E-state index in [-0.39, 0.29) is 0 Å². The van der Waals surface area contributed by atoms with Crippen LogP contribution in [0.15, 0.2) is 24.3 Å². The summed E-state index contributed by atoms with van der Waals surface area (Å²) >= 11 is 3.90. The van der Waals surface area contributed by atoms with Gasteiger partial charge >= 0.3 is 0 Å². The fraction of sp³-hybridized carbons (Fsp3) is 0.625. The van der Waals surface area contributed by atoms with Crippen molar-refractivity contribution in [3.8, 4) is 5.75 Å². The van der Waals surface area contributed by atoms with Crippen molar-refractivity contribution < 1.29 is 4.74 Å². The molecule has 1 aliphatic carbocycles. The molecule has 2 heteroatoms. The maximum Gasteiger partial charge on any atom is 0.119 e. The van der Waals surface area contributed by atoms with Crippen molar-refractivity contribution >= 4 is 15.9 Å². The third kappa shape index (κ3) is 2.20. The Balaban J connectivity index is 2.06. The number of halogens is 1. The molecule has 0 radical (unpaired) electrons. The van der Waals surface area contributed by atoms with Crippen LogP contribution >= 0.6 is 15.9 Å². The summed E-state index contributed by atoms with van der Waals surface area (Å²) < 4.78 is 5.28. The standard InChI is InChI=1S/C16H23BrO/c1-15(2)14(16(15,3)4)13(17)10-11-7-6-8-12(9-11)18-5/h6-9,13-14H,10H2,1-5H3. The van der Waals surface area contributed by atoms with Gasteiger partial charge in [0.25, 0.3) is 0 Å². The second kappa shape index (κ2) is 4.56. The van der Waals surface area contributed by atoms with Crippen LogP contribution in [-0.2, 0) is 6.42 Å². The summed E-state index contributed by atoms with van der Waals surface area (Å²) in [5.41, 5.74) is 2.20. The van der Waals surface area contributed by atoms with Crippen LogP contribution in [0.1, 0.15) is 33.3 Å². The molecule has 1 aliphatic rings. The number of ether oxygens (including phenoxy) is 1. The van der Waals surface area contributed by atoms with Gasteiger partial charge in [0, 0.05) is 4.83 Å². The molecule has 0 N–H and O–H groups in total. The third-order valence-electron chi connectivity index (χ3n) is 5.06. The van der Waals surface area contributed by atoms with Gasteiger partial charge in [-0.15, -0.1) is 0 Å². The molecule has 0 bridgehead atoms. The van der Waals surface area contributed by atoms with Crippen molar-refractivity contribution in [1.82, 2.24) is 0 Å². The summed E-state index contributed by atoms with van der Waals surface area (Å²) in [4.78, 5) is 0.537. The quantitative estimate of drug-likeness (QED) is 0.733. The van der Waals surface area contributed by atoms with Gasteiger partial charge in [-0.2, -0.15) is 0 Å². The first kappa shape index (κ1) is 13.9. The Kier molecular flexibility index (Phi) is 3.52. The fourth-order valence-corrected chi connectivity index (χ4v) is 4.99. The highest BCUT2D eigenvalue weighted by Crippen LogP contribution is 2.71. The van der Waals surface area contributed by atoms with Gasteiger partial charge in [-0.1, -0.05) is 55.8 Å². The van der Waals surface area contributed by atoms with E-state index in [4.69, 9.17) is 4.74 Å². The van der Waals surface area contributed by atoms with Crippen LogP contribution in [-0.4, -0.2) is 11.9 Å². The van der Waals surface area contributed by atoms with E-state index in [9.17, 15) is 0 Å². The average molecular weight is 311 g/mol. The average Bonchev–Trinajstić information content (AvgIpc) is 2.69. The monoisotopic (exact) mass is 310 g/mol. The van der Waals surface area contributed by atoms with Crippen molar-refractivity contribution in [1.29, 1.82) is 0 Å². The summed E-state index contributed by atoms with van der Waals surface area (Å²) in [7, 11) is 1.72. The molecule has 1 unspecified atom stereocenters. The van der Waals surface area contributed by atoms with Crippen molar-refractivity contribution in [3.63, 3.8) is 0 Å². The number of benzene rings is 1. The van der Waals surface area contributed by atoms with Gasteiger partial charge in [0.15, 0.2) is 0 Å². The minimum Gasteiger partial charge on any atom is -0.497 e. The van der Waals surface area contributed by atoms with E-state index in [1.54, 1.807) is 7.11 Å². The molecule has 100 valence electrons. The van der Waals surface area contributed by atoms with Crippen molar-refractivity contribution in [2.45, 2.75) is 38.9 Å². The summed E-state index contributed by atoms with van der Waals surface area (Å²) in [5, 5.41) is 0. The number of hydrogen-bond acceptors (Lipinski definition) is 1. The molecule has 1 aromatic carbocycles. The highest BCUT2D eigenvalue weighted by atomic mass is 79.9. The van der Waals surface area contributed by atoms with Gasteiger partial charge < -0.3 is 4.74 Å². The third-order valence-corrected chi connectivity index (χ3v) is 5.91. The predicted octanol–water partition coefficient (Wildman–Crippen LogP) is 4.68. The molecule has 0 saturated heterocycles. The zero-order chi connectivity index (χ0) is 13.6. The molecule has 1 aromatic rings. The first-order chi connectivity index (χ1) is 8.30. The van der Waals surface area contributed by atoms with E-state index < -0.39 is 0 Å². The molecular weight excluding hydrogens is 288 g/mol. The van der Waals surface area contributed by atoms with E-state index in [1.807, 2.05) is 6.07 Å². The fourth-order valence-electron chi connectivity index (χ4n) is 3.29. The highest BCUT2D eigenvalue weighted by Gasteiger charge is 2.66. The van der Waals surface area contributed by atoms with Crippen LogP contribution in [0.25, 0.3) is 0 Å². The van der Waals surface area contributed by atoms with Crippen LogP contribution in [0.5, 0.6) is 5.75 Å². The maximum atomic E-state index is 5.28. The highest BCUT2D eigenvalue weighted by molar-refractivity contribution is 9.09.